The van der Waals surface area contributed by atoms with Gasteiger partial charge >= 0.3 is 0 Å². The van der Waals surface area contributed by atoms with Crippen LogP contribution in [0.2, 0.25) is 0 Å². The molecule has 3 aromatic rings. The maximum atomic E-state index is 5.49. The minimum atomic E-state index is 0.622. The fourth-order valence-corrected chi connectivity index (χ4v) is 2.19. The highest BCUT2D eigenvalue weighted by atomic mass is 32.1. The molecular weight excluding hydrogens is 234 g/mol. The number of hydrogen-bond acceptors (Lipinski definition) is 3. The minimum Gasteiger partial charge on any atom is -0.494 e. The highest BCUT2D eigenvalue weighted by molar-refractivity contribution is 7.71. The van der Waals surface area contributed by atoms with Crippen molar-refractivity contribution in [3.05, 3.63) is 29.0 Å². The summed E-state index contributed by atoms with van der Waals surface area (Å²) >= 11 is 5.20. The molecule has 1 aromatic carbocycles. The van der Waals surface area contributed by atoms with Crippen LogP contribution >= 0.6 is 12.2 Å². The number of hydrogen-bond donors (Lipinski definition) is 2. The number of nitrogens with one attached hydrogen (secondary N) is 2. The van der Waals surface area contributed by atoms with Crippen molar-refractivity contribution >= 4 is 34.0 Å². The quantitative estimate of drug-likeness (QED) is 0.682. The lowest BCUT2D eigenvalue weighted by molar-refractivity contribution is 0.341. The highest BCUT2D eigenvalue weighted by Crippen LogP contribution is 2.28. The molecule has 0 bridgehead atoms. The molecule has 2 heterocycles. The summed E-state index contributed by atoms with van der Waals surface area (Å²) in [7, 11) is 0. The number of H-pyrrole nitrogens is 2. The lowest BCUT2D eigenvalue weighted by atomic mass is 10.2. The normalized spacial score (nSPS) is 11.1. The maximum Gasteiger partial charge on any atom is 0.144 e. The molecule has 0 fully saturated rings. The molecule has 4 nitrogen and oxygen atoms in total. The molecule has 0 radical (unpaired) electrons. The standard InChI is InChI=1S/C12H11N3OS/c1-2-16-7-3-4-10-8(5-7)9-6-13-15-12(17)11(9)14-10/h3-6,14H,2H2,1H3,(H,15,17). The fraction of sp³-hybridized carbons (Fsp3) is 0.167. The predicted octanol–water partition coefficient (Wildman–Crippen LogP) is 3.17. The second kappa shape index (κ2) is 3.85. The zero-order valence-electron chi connectivity index (χ0n) is 9.28. The molecule has 5 heteroatoms. The molecule has 0 aliphatic heterocycles. The number of benzene rings is 1. The van der Waals surface area contributed by atoms with Crippen molar-refractivity contribution in [3.8, 4) is 5.75 Å². The van der Waals surface area contributed by atoms with Gasteiger partial charge in [-0.15, -0.1) is 0 Å². The van der Waals surface area contributed by atoms with Crippen LogP contribution in [-0.4, -0.2) is 21.8 Å². The lowest BCUT2D eigenvalue weighted by Crippen LogP contribution is -1.90. The van der Waals surface area contributed by atoms with E-state index in [4.69, 9.17) is 17.0 Å². The largest absolute Gasteiger partial charge is 0.494 e. The summed E-state index contributed by atoms with van der Waals surface area (Å²) in [6.07, 6.45) is 1.78. The van der Waals surface area contributed by atoms with Gasteiger partial charge in [0.2, 0.25) is 0 Å². The molecule has 2 N–H and O–H groups in total. The summed E-state index contributed by atoms with van der Waals surface area (Å²) in [5.74, 6) is 0.861. The summed E-state index contributed by atoms with van der Waals surface area (Å²) in [5.41, 5.74) is 1.95. The third kappa shape index (κ3) is 1.59. The van der Waals surface area contributed by atoms with Gasteiger partial charge in [-0.3, -0.25) is 5.10 Å². The third-order valence-corrected chi connectivity index (χ3v) is 3.00. The van der Waals surface area contributed by atoms with Gasteiger partial charge in [-0.25, -0.2) is 0 Å². The third-order valence-electron chi connectivity index (χ3n) is 2.71. The lowest BCUT2D eigenvalue weighted by Gasteiger charge is -2.01. The van der Waals surface area contributed by atoms with E-state index in [1.165, 1.54) is 0 Å². The van der Waals surface area contributed by atoms with E-state index in [-0.39, 0.29) is 0 Å². The van der Waals surface area contributed by atoms with Gasteiger partial charge in [0.1, 0.15) is 10.4 Å². The van der Waals surface area contributed by atoms with Crippen molar-refractivity contribution in [2.24, 2.45) is 0 Å². The Balaban J connectivity index is 2.38. The number of rotatable bonds is 2. The molecule has 2 aromatic heterocycles. The summed E-state index contributed by atoms with van der Waals surface area (Å²) in [4.78, 5) is 3.28. The van der Waals surface area contributed by atoms with Gasteiger partial charge in [0.25, 0.3) is 0 Å². The van der Waals surface area contributed by atoms with E-state index in [0.29, 0.717) is 11.2 Å². The Morgan fingerprint density at radius 2 is 2.24 bits per heavy atom. The number of nitrogens with zero attached hydrogens (tertiary/aromatic N) is 1. The summed E-state index contributed by atoms with van der Waals surface area (Å²) in [6, 6.07) is 5.95. The average molecular weight is 245 g/mol. The van der Waals surface area contributed by atoms with E-state index >= 15 is 0 Å². The van der Waals surface area contributed by atoms with Crippen LogP contribution in [0.1, 0.15) is 6.92 Å². The van der Waals surface area contributed by atoms with E-state index in [2.05, 4.69) is 15.2 Å². The van der Waals surface area contributed by atoms with Gasteiger partial charge in [0.05, 0.1) is 18.3 Å². The van der Waals surface area contributed by atoms with Gasteiger partial charge in [-0.2, -0.15) is 5.10 Å². The molecule has 3 rings (SSSR count). The summed E-state index contributed by atoms with van der Waals surface area (Å²) < 4.78 is 6.12. The second-order valence-corrected chi connectivity index (χ2v) is 4.16. The summed E-state index contributed by atoms with van der Waals surface area (Å²) in [5, 5.41) is 8.90. The van der Waals surface area contributed by atoms with Crippen LogP contribution in [0.4, 0.5) is 0 Å². The number of ether oxygens (including phenoxy) is 1. The Morgan fingerprint density at radius 1 is 1.35 bits per heavy atom. The Kier molecular flexibility index (Phi) is 2.33. The van der Waals surface area contributed by atoms with E-state index in [1.54, 1.807) is 6.20 Å². The first-order valence-corrected chi connectivity index (χ1v) is 5.82. The highest BCUT2D eigenvalue weighted by Gasteiger charge is 2.06. The van der Waals surface area contributed by atoms with Crippen LogP contribution < -0.4 is 4.74 Å². The molecule has 0 amide bonds. The van der Waals surface area contributed by atoms with Crippen molar-refractivity contribution in [1.82, 2.24) is 15.2 Å². The van der Waals surface area contributed by atoms with Gasteiger partial charge in [-0.05, 0) is 25.1 Å². The van der Waals surface area contributed by atoms with Crippen LogP contribution in [0.5, 0.6) is 5.75 Å². The van der Waals surface area contributed by atoms with Crippen LogP contribution in [0.3, 0.4) is 0 Å². The SMILES string of the molecule is CCOc1ccc2[nH]c3c(=S)[nH]ncc3c2c1. The van der Waals surface area contributed by atoms with Gasteiger partial charge in [-0.1, -0.05) is 12.2 Å². The van der Waals surface area contributed by atoms with Crippen molar-refractivity contribution in [2.45, 2.75) is 6.92 Å². The number of aromatic amines is 2. The van der Waals surface area contributed by atoms with Crippen LogP contribution in [-0.2, 0) is 0 Å². The van der Waals surface area contributed by atoms with E-state index in [0.717, 1.165) is 27.6 Å². The van der Waals surface area contributed by atoms with Crippen molar-refractivity contribution in [3.63, 3.8) is 0 Å². The number of aromatic nitrogens is 3. The zero-order valence-corrected chi connectivity index (χ0v) is 10.1. The molecule has 0 aliphatic carbocycles. The Hall–Kier alpha value is -1.88. The first kappa shape index (κ1) is 10.3. The van der Waals surface area contributed by atoms with Crippen molar-refractivity contribution in [1.29, 1.82) is 0 Å². The minimum absolute atomic E-state index is 0.622. The maximum absolute atomic E-state index is 5.49. The molecule has 86 valence electrons. The Labute approximate surface area is 103 Å². The monoisotopic (exact) mass is 245 g/mol. The van der Waals surface area contributed by atoms with Gasteiger partial charge in [0, 0.05) is 16.3 Å². The van der Waals surface area contributed by atoms with Gasteiger partial charge in [0.15, 0.2) is 0 Å². The van der Waals surface area contributed by atoms with E-state index in [1.807, 2.05) is 25.1 Å². The summed E-state index contributed by atoms with van der Waals surface area (Å²) in [6.45, 7) is 2.63. The molecule has 0 saturated heterocycles. The van der Waals surface area contributed by atoms with Crippen LogP contribution in [0.15, 0.2) is 24.4 Å². The topological polar surface area (TPSA) is 53.7 Å². The molecule has 0 atom stereocenters. The first-order chi connectivity index (χ1) is 8.29. The second-order valence-electron chi connectivity index (χ2n) is 3.75. The number of fused-ring (bicyclic) bond motifs is 3. The van der Waals surface area contributed by atoms with E-state index < -0.39 is 0 Å². The molecule has 0 spiro atoms. The molecule has 0 unspecified atom stereocenters. The van der Waals surface area contributed by atoms with Gasteiger partial charge < -0.3 is 9.72 Å². The fourth-order valence-electron chi connectivity index (χ4n) is 1.97. The van der Waals surface area contributed by atoms with Crippen molar-refractivity contribution < 1.29 is 4.74 Å². The molecule has 0 aliphatic rings. The molecule has 17 heavy (non-hydrogen) atoms. The van der Waals surface area contributed by atoms with Crippen LogP contribution in [0.25, 0.3) is 21.8 Å². The molecular formula is C12H11N3OS. The predicted molar refractivity (Wildman–Crippen MR) is 70.0 cm³/mol. The first-order valence-electron chi connectivity index (χ1n) is 5.41. The van der Waals surface area contributed by atoms with Crippen LogP contribution in [0, 0.1) is 4.64 Å². The van der Waals surface area contributed by atoms with Crippen molar-refractivity contribution in [2.75, 3.05) is 6.61 Å². The van der Waals surface area contributed by atoms with E-state index in [9.17, 15) is 0 Å². The Morgan fingerprint density at radius 3 is 3.06 bits per heavy atom. The smallest absolute Gasteiger partial charge is 0.144 e. The molecule has 0 saturated carbocycles. The average Bonchev–Trinajstić information content (AvgIpc) is 2.70. The Bertz CT molecular complexity index is 744. The zero-order chi connectivity index (χ0) is 11.8.